The summed E-state index contributed by atoms with van der Waals surface area (Å²) >= 11 is 0. The van der Waals surface area contributed by atoms with Gasteiger partial charge in [-0.1, -0.05) is 11.2 Å². The van der Waals surface area contributed by atoms with E-state index in [2.05, 4.69) is 33.1 Å². The number of rotatable bonds is 4. The van der Waals surface area contributed by atoms with E-state index in [1.54, 1.807) is 0 Å². The molecule has 0 amide bonds. The van der Waals surface area contributed by atoms with Gasteiger partial charge in [0.05, 0.1) is 5.69 Å². The van der Waals surface area contributed by atoms with E-state index in [0.29, 0.717) is 6.04 Å². The minimum Gasteiger partial charge on any atom is -0.361 e. The number of anilines is 1. The number of hydrogen-bond acceptors (Lipinski definition) is 5. The fourth-order valence-electron chi connectivity index (χ4n) is 2.94. The SMILES string of the molecule is Cc1cc(CN2CCC(N(C)c3ccccn3)CC2)no1. The molecule has 0 N–H and O–H groups in total. The molecular weight excluding hydrogens is 264 g/mol. The van der Waals surface area contributed by atoms with E-state index in [0.717, 1.165) is 49.7 Å². The van der Waals surface area contributed by atoms with E-state index in [1.807, 2.05) is 31.3 Å². The van der Waals surface area contributed by atoms with Crippen molar-refractivity contribution in [3.63, 3.8) is 0 Å². The predicted molar refractivity (Wildman–Crippen MR) is 82.2 cm³/mol. The molecule has 0 radical (unpaired) electrons. The largest absolute Gasteiger partial charge is 0.361 e. The van der Waals surface area contributed by atoms with Crippen molar-refractivity contribution in [2.24, 2.45) is 0 Å². The summed E-state index contributed by atoms with van der Waals surface area (Å²) in [6.45, 7) is 5.00. The van der Waals surface area contributed by atoms with Crippen LogP contribution >= 0.6 is 0 Å². The molecule has 0 saturated carbocycles. The summed E-state index contributed by atoms with van der Waals surface area (Å²) in [6.07, 6.45) is 4.17. The van der Waals surface area contributed by atoms with Crippen LogP contribution in [0.25, 0.3) is 0 Å². The zero-order chi connectivity index (χ0) is 14.7. The molecule has 1 fully saturated rings. The first-order chi connectivity index (χ1) is 10.2. The Bertz CT molecular complexity index is 561. The summed E-state index contributed by atoms with van der Waals surface area (Å²) < 4.78 is 5.13. The highest BCUT2D eigenvalue weighted by Gasteiger charge is 2.23. The number of aromatic nitrogens is 2. The monoisotopic (exact) mass is 286 g/mol. The van der Waals surface area contributed by atoms with Gasteiger partial charge in [-0.2, -0.15) is 0 Å². The molecule has 21 heavy (non-hydrogen) atoms. The lowest BCUT2D eigenvalue weighted by atomic mass is 10.0. The normalized spacial score (nSPS) is 17.0. The Morgan fingerprint density at radius 3 is 2.76 bits per heavy atom. The standard InChI is InChI=1S/C16H22N4O/c1-13-11-14(18-21-13)12-20-9-6-15(7-10-20)19(2)16-5-3-4-8-17-16/h3-5,8,11,15H,6-7,9-10,12H2,1-2H3. The molecule has 112 valence electrons. The van der Waals surface area contributed by atoms with Crippen molar-refractivity contribution in [2.45, 2.75) is 32.4 Å². The van der Waals surface area contributed by atoms with Gasteiger partial charge in [0, 0.05) is 45.0 Å². The summed E-state index contributed by atoms with van der Waals surface area (Å²) in [5, 5.41) is 4.07. The molecule has 1 saturated heterocycles. The number of hydrogen-bond donors (Lipinski definition) is 0. The fourth-order valence-corrected chi connectivity index (χ4v) is 2.94. The van der Waals surface area contributed by atoms with Gasteiger partial charge < -0.3 is 9.42 Å². The lowest BCUT2D eigenvalue weighted by molar-refractivity contribution is 0.198. The maximum atomic E-state index is 5.13. The summed E-state index contributed by atoms with van der Waals surface area (Å²) in [7, 11) is 2.14. The molecule has 2 aromatic heterocycles. The van der Waals surface area contributed by atoms with Crippen LogP contribution in [0.4, 0.5) is 5.82 Å². The van der Waals surface area contributed by atoms with Gasteiger partial charge in [-0.25, -0.2) is 4.98 Å². The summed E-state index contributed by atoms with van der Waals surface area (Å²) in [5.41, 5.74) is 1.03. The minimum atomic E-state index is 0.565. The zero-order valence-corrected chi connectivity index (χ0v) is 12.7. The third-order valence-electron chi connectivity index (χ3n) is 4.18. The number of aryl methyl sites for hydroxylation is 1. The molecule has 3 heterocycles. The lowest BCUT2D eigenvalue weighted by Crippen LogP contribution is -2.43. The third kappa shape index (κ3) is 3.42. The first-order valence-corrected chi connectivity index (χ1v) is 7.51. The molecule has 1 aliphatic rings. The van der Waals surface area contributed by atoms with Crippen molar-refractivity contribution in [1.29, 1.82) is 0 Å². The van der Waals surface area contributed by atoms with Gasteiger partial charge in [0.25, 0.3) is 0 Å². The molecule has 0 spiro atoms. The summed E-state index contributed by atoms with van der Waals surface area (Å²) in [4.78, 5) is 9.18. The van der Waals surface area contributed by atoms with Crippen molar-refractivity contribution >= 4 is 5.82 Å². The fraction of sp³-hybridized carbons (Fsp3) is 0.500. The van der Waals surface area contributed by atoms with Crippen molar-refractivity contribution in [3.05, 3.63) is 41.9 Å². The van der Waals surface area contributed by atoms with Crippen LogP contribution in [-0.2, 0) is 6.54 Å². The number of likely N-dealkylation sites (tertiary alicyclic amines) is 1. The molecule has 5 heteroatoms. The molecule has 5 nitrogen and oxygen atoms in total. The van der Waals surface area contributed by atoms with Gasteiger partial charge in [0.2, 0.25) is 0 Å². The van der Waals surface area contributed by atoms with Crippen LogP contribution in [0.5, 0.6) is 0 Å². The quantitative estimate of drug-likeness (QED) is 0.864. The van der Waals surface area contributed by atoms with Gasteiger partial charge in [0.15, 0.2) is 0 Å². The molecule has 0 aromatic carbocycles. The summed E-state index contributed by atoms with van der Waals surface area (Å²) in [6, 6.07) is 8.66. The Kier molecular flexibility index (Phi) is 4.20. The van der Waals surface area contributed by atoms with E-state index >= 15 is 0 Å². The van der Waals surface area contributed by atoms with E-state index < -0.39 is 0 Å². The maximum absolute atomic E-state index is 5.13. The smallest absolute Gasteiger partial charge is 0.133 e. The van der Waals surface area contributed by atoms with Crippen molar-refractivity contribution in [3.8, 4) is 0 Å². The van der Waals surface area contributed by atoms with Crippen LogP contribution in [0, 0.1) is 6.92 Å². The second-order valence-electron chi connectivity index (χ2n) is 5.74. The van der Waals surface area contributed by atoms with Crippen LogP contribution in [0.3, 0.4) is 0 Å². The van der Waals surface area contributed by atoms with Gasteiger partial charge >= 0.3 is 0 Å². The Labute approximate surface area is 125 Å². The highest BCUT2D eigenvalue weighted by Crippen LogP contribution is 2.21. The molecular formula is C16H22N4O. The second kappa shape index (κ2) is 6.26. The highest BCUT2D eigenvalue weighted by atomic mass is 16.5. The first kappa shape index (κ1) is 14.1. The van der Waals surface area contributed by atoms with Crippen LogP contribution < -0.4 is 4.90 Å². The van der Waals surface area contributed by atoms with Crippen LogP contribution in [0.1, 0.15) is 24.3 Å². The highest BCUT2D eigenvalue weighted by molar-refractivity contribution is 5.38. The summed E-state index contributed by atoms with van der Waals surface area (Å²) in [5.74, 6) is 1.94. The van der Waals surface area contributed by atoms with Crippen molar-refractivity contribution in [2.75, 3.05) is 25.0 Å². The zero-order valence-electron chi connectivity index (χ0n) is 12.7. The number of piperidine rings is 1. The molecule has 0 bridgehead atoms. The predicted octanol–water partition coefficient (Wildman–Crippen LogP) is 2.48. The third-order valence-corrected chi connectivity index (χ3v) is 4.18. The van der Waals surface area contributed by atoms with Gasteiger partial charge in [0.1, 0.15) is 11.6 Å². The lowest BCUT2D eigenvalue weighted by Gasteiger charge is -2.37. The molecule has 0 aliphatic carbocycles. The van der Waals surface area contributed by atoms with Crippen molar-refractivity contribution in [1.82, 2.24) is 15.0 Å². The topological polar surface area (TPSA) is 45.4 Å². The molecule has 3 rings (SSSR count). The first-order valence-electron chi connectivity index (χ1n) is 7.51. The Morgan fingerprint density at radius 1 is 1.33 bits per heavy atom. The average Bonchev–Trinajstić information content (AvgIpc) is 2.93. The number of pyridine rings is 1. The van der Waals surface area contributed by atoms with E-state index in [4.69, 9.17) is 4.52 Å². The molecule has 0 unspecified atom stereocenters. The Morgan fingerprint density at radius 2 is 2.14 bits per heavy atom. The van der Waals surface area contributed by atoms with E-state index in [1.165, 1.54) is 0 Å². The minimum absolute atomic E-state index is 0.565. The van der Waals surface area contributed by atoms with E-state index in [9.17, 15) is 0 Å². The maximum Gasteiger partial charge on any atom is 0.133 e. The van der Waals surface area contributed by atoms with Gasteiger partial charge in [-0.3, -0.25) is 4.90 Å². The molecule has 2 aromatic rings. The number of nitrogens with zero attached hydrogens (tertiary/aromatic N) is 4. The van der Waals surface area contributed by atoms with Crippen LogP contribution in [0.15, 0.2) is 35.0 Å². The van der Waals surface area contributed by atoms with Crippen LogP contribution in [0.2, 0.25) is 0 Å². The average molecular weight is 286 g/mol. The van der Waals surface area contributed by atoms with E-state index in [-0.39, 0.29) is 0 Å². The van der Waals surface area contributed by atoms with Gasteiger partial charge in [-0.05, 0) is 31.9 Å². The Hall–Kier alpha value is -1.88. The molecule has 0 atom stereocenters. The van der Waals surface area contributed by atoms with Crippen molar-refractivity contribution < 1.29 is 4.52 Å². The van der Waals surface area contributed by atoms with Gasteiger partial charge in [-0.15, -0.1) is 0 Å². The Balaban J connectivity index is 1.53. The molecule has 1 aliphatic heterocycles. The second-order valence-corrected chi connectivity index (χ2v) is 5.74. The van der Waals surface area contributed by atoms with Crippen LogP contribution in [-0.4, -0.2) is 41.2 Å².